The molecule has 0 saturated carbocycles. The molecular weight excluding hydrogens is 314 g/mol. The highest BCUT2D eigenvalue weighted by Gasteiger charge is 2.10. The Labute approximate surface area is 115 Å². The first-order valence-corrected chi connectivity index (χ1v) is 7.97. The molecule has 0 aromatic heterocycles. The lowest BCUT2D eigenvalue weighted by Crippen LogP contribution is -2.10. The summed E-state index contributed by atoms with van der Waals surface area (Å²) in [7, 11) is -3.29. The average molecular weight is 326 g/mol. The Hall–Kier alpha value is -1.33. The van der Waals surface area contributed by atoms with E-state index in [1.54, 1.807) is 12.1 Å². The molecule has 2 aromatic carbocycles. The van der Waals surface area contributed by atoms with Gasteiger partial charge in [-0.3, -0.25) is 4.72 Å². The maximum atomic E-state index is 11.3. The van der Waals surface area contributed by atoms with Crippen LogP contribution >= 0.6 is 15.9 Å². The van der Waals surface area contributed by atoms with Gasteiger partial charge < -0.3 is 0 Å². The van der Waals surface area contributed by atoms with Crippen molar-refractivity contribution in [3.8, 4) is 11.1 Å². The van der Waals surface area contributed by atoms with Crippen molar-refractivity contribution in [2.24, 2.45) is 0 Å². The van der Waals surface area contributed by atoms with Crippen LogP contribution in [0.5, 0.6) is 0 Å². The van der Waals surface area contributed by atoms with Gasteiger partial charge in [-0.1, -0.05) is 52.3 Å². The molecule has 0 aliphatic rings. The molecule has 0 bridgehead atoms. The zero-order valence-corrected chi connectivity index (χ0v) is 12.1. The van der Waals surface area contributed by atoms with E-state index >= 15 is 0 Å². The molecule has 0 amide bonds. The summed E-state index contributed by atoms with van der Waals surface area (Å²) < 4.78 is 26.1. The second-order valence-corrected chi connectivity index (χ2v) is 6.50. The van der Waals surface area contributed by atoms with E-state index < -0.39 is 10.0 Å². The molecule has 0 saturated heterocycles. The van der Waals surface area contributed by atoms with Crippen LogP contribution in [-0.2, 0) is 10.0 Å². The van der Waals surface area contributed by atoms with Gasteiger partial charge in [0.1, 0.15) is 0 Å². The van der Waals surface area contributed by atoms with Crippen molar-refractivity contribution < 1.29 is 8.42 Å². The van der Waals surface area contributed by atoms with Gasteiger partial charge in [0.25, 0.3) is 0 Å². The number of sulfonamides is 1. The topological polar surface area (TPSA) is 46.2 Å². The molecule has 0 heterocycles. The third-order valence-corrected chi connectivity index (χ3v) is 3.67. The van der Waals surface area contributed by atoms with Crippen LogP contribution in [0, 0.1) is 0 Å². The summed E-state index contributed by atoms with van der Waals surface area (Å²) in [5.41, 5.74) is 2.37. The fourth-order valence-corrected chi connectivity index (χ4v) is 2.76. The third-order valence-electron chi connectivity index (χ3n) is 2.39. The number of nitrogens with one attached hydrogen (secondary N) is 1. The first-order chi connectivity index (χ1) is 8.47. The minimum Gasteiger partial charge on any atom is -0.283 e. The highest BCUT2D eigenvalue weighted by molar-refractivity contribution is 9.10. The van der Waals surface area contributed by atoms with E-state index in [1.165, 1.54) is 0 Å². The normalized spacial score (nSPS) is 11.2. The summed E-state index contributed by atoms with van der Waals surface area (Å²) in [5.74, 6) is 0. The van der Waals surface area contributed by atoms with Gasteiger partial charge in [-0.15, -0.1) is 0 Å². The van der Waals surface area contributed by atoms with Crippen LogP contribution in [0.1, 0.15) is 0 Å². The number of benzene rings is 2. The first kappa shape index (κ1) is 13.1. The molecular formula is C13H12BrNO2S. The Morgan fingerprint density at radius 3 is 2.11 bits per heavy atom. The van der Waals surface area contributed by atoms with E-state index in [2.05, 4.69) is 20.7 Å². The summed E-state index contributed by atoms with van der Waals surface area (Å²) in [6, 6.07) is 15.0. The first-order valence-electron chi connectivity index (χ1n) is 5.29. The van der Waals surface area contributed by atoms with Crippen molar-refractivity contribution in [2.75, 3.05) is 11.0 Å². The lowest BCUT2D eigenvalue weighted by atomic mass is 10.0. The number of hydrogen-bond donors (Lipinski definition) is 1. The van der Waals surface area contributed by atoms with E-state index in [0.29, 0.717) is 5.69 Å². The minimum absolute atomic E-state index is 0.576. The largest absolute Gasteiger partial charge is 0.283 e. The van der Waals surface area contributed by atoms with E-state index in [9.17, 15) is 8.42 Å². The quantitative estimate of drug-likeness (QED) is 0.938. The second kappa shape index (κ2) is 5.12. The second-order valence-electron chi connectivity index (χ2n) is 3.90. The van der Waals surface area contributed by atoms with Crippen molar-refractivity contribution in [2.45, 2.75) is 0 Å². The van der Waals surface area contributed by atoms with E-state index in [4.69, 9.17) is 0 Å². The van der Waals surface area contributed by atoms with Crippen LogP contribution in [0.25, 0.3) is 11.1 Å². The lowest BCUT2D eigenvalue weighted by molar-refractivity contribution is 0.607. The van der Waals surface area contributed by atoms with E-state index in [-0.39, 0.29) is 0 Å². The maximum Gasteiger partial charge on any atom is 0.229 e. The average Bonchev–Trinajstić information content (AvgIpc) is 2.29. The number of halogens is 1. The SMILES string of the molecule is CS(=O)(=O)Nc1ccccc1-c1ccccc1Br. The van der Waals surface area contributed by atoms with Gasteiger partial charge in [0.05, 0.1) is 11.9 Å². The van der Waals surface area contributed by atoms with Crippen LogP contribution in [0.3, 0.4) is 0 Å². The van der Waals surface area contributed by atoms with Crippen LogP contribution in [-0.4, -0.2) is 14.7 Å². The van der Waals surface area contributed by atoms with Crippen LogP contribution < -0.4 is 4.72 Å². The molecule has 0 radical (unpaired) electrons. The molecule has 0 aliphatic carbocycles. The van der Waals surface area contributed by atoms with Gasteiger partial charge in [-0.25, -0.2) is 8.42 Å². The molecule has 0 spiro atoms. The van der Waals surface area contributed by atoms with Crippen LogP contribution in [0.4, 0.5) is 5.69 Å². The molecule has 5 heteroatoms. The van der Waals surface area contributed by atoms with Crippen molar-refractivity contribution in [1.82, 2.24) is 0 Å². The van der Waals surface area contributed by atoms with E-state index in [1.807, 2.05) is 36.4 Å². The number of hydrogen-bond acceptors (Lipinski definition) is 2. The molecule has 0 aliphatic heterocycles. The summed E-state index contributed by atoms with van der Waals surface area (Å²) >= 11 is 3.47. The van der Waals surface area contributed by atoms with Crippen molar-refractivity contribution in [3.05, 3.63) is 53.0 Å². The Balaban J connectivity index is 2.56. The van der Waals surface area contributed by atoms with Crippen molar-refractivity contribution in [3.63, 3.8) is 0 Å². The molecule has 2 rings (SSSR count). The van der Waals surface area contributed by atoms with Gasteiger partial charge in [0.2, 0.25) is 10.0 Å². The van der Waals surface area contributed by atoms with Gasteiger partial charge in [-0.05, 0) is 17.7 Å². The molecule has 18 heavy (non-hydrogen) atoms. The van der Waals surface area contributed by atoms with Crippen molar-refractivity contribution in [1.29, 1.82) is 0 Å². The summed E-state index contributed by atoms with van der Waals surface area (Å²) in [6.45, 7) is 0. The zero-order valence-electron chi connectivity index (χ0n) is 9.72. The number of para-hydroxylation sites is 1. The van der Waals surface area contributed by atoms with E-state index in [0.717, 1.165) is 21.9 Å². The Morgan fingerprint density at radius 2 is 1.50 bits per heavy atom. The summed E-state index contributed by atoms with van der Waals surface area (Å²) in [5, 5.41) is 0. The molecule has 3 nitrogen and oxygen atoms in total. The molecule has 0 fully saturated rings. The molecule has 2 aromatic rings. The standard InChI is InChI=1S/C13H12BrNO2S/c1-18(16,17)15-13-9-5-3-7-11(13)10-6-2-4-8-12(10)14/h2-9,15H,1H3. The smallest absolute Gasteiger partial charge is 0.229 e. The zero-order chi connectivity index (χ0) is 13.2. The third kappa shape index (κ3) is 3.11. The van der Waals surface area contributed by atoms with Gasteiger partial charge in [0, 0.05) is 10.0 Å². The fraction of sp³-hybridized carbons (Fsp3) is 0.0769. The Kier molecular flexibility index (Phi) is 3.73. The van der Waals surface area contributed by atoms with Crippen LogP contribution in [0.2, 0.25) is 0 Å². The maximum absolute atomic E-state index is 11.3. The number of anilines is 1. The molecule has 0 atom stereocenters. The molecule has 94 valence electrons. The Morgan fingerprint density at radius 1 is 0.944 bits per heavy atom. The number of rotatable bonds is 3. The molecule has 0 unspecified atom stereocenters. The van der Waals surface area contributed by atoms with Gasteiger partial charge in [-0.2, -0.15) is 0 Å². The predicted octanol–water partition coefficient (Wildman–Crippen LogP) is 3.49. The van der Waals surface area contributed by atoms with Gasteiger partial charge >= 0.3 is 0 Å². The highest BCUT2D eigenvalue weighted by Crippen LogP contribution is 2.33. The summed E-state index contributed by atoms with van der Waals surface area (Å²) in [4.78, 5) is 0. The molecule has 1 N–H and O–H groups in total. The monoisotopic (exact) mass is 325 g/mol. The van der Waals surface area contributed by atoms with Gasteiger partial charge in [0.15, 0.2) is 0 Å². The summed E-state index contributed by atoms with van der Waals surface area (Å²) in [6.07, 6.45) is 1.14. The van der Waals surface area contributed by atoms with Crippen molar-refractivity contribution >= 4 is 31.6 Å². The highest BCUT2D eigenvalue weighted by atomic mass is 79.9. The predicted molar refractivity (Wildman–Crippen MR) is 78.0 cm³/mol. The van der Waals surface area contributed by atoms with Crippen LogP contribution in [0.15, 0.2) is 53.0 Å². The fourth-order valence-electron chi connectivity index (χ4n) is 1.69. The lowest BCUT2D eigenvalue weighted by Gasteiger charge is -2.11. The Bertz CT molecular complexity index is 668. The minimum atomic E-state index is -3.29.